The lowest BCUT2D eigenvalue weighted by atomic mass is 10.1. The monoisotopic (exact) mass is 378 g/mol. The van der Waals surface area contributed by atoms with Crippen molar-refractivity contribution in [3.63, 3.8) is 0 Å². The molecule has 0 amide bonds. The van der Waals surface area contributed by atoms with Gasteiger partial charge >= 0.3 is 5.97 Å². The van der Waals surface area contributed by atoms with E-state index in [9.17, 15) is 4.79 Å². The molecule has 136 valence electrons. The topological polar surface area (TPSA) is 80.9 Å². The minimum atomic E-state index is -0.917. The van der Waals surface area contributed by atoms with E-state index in [0.717, 1.165) is 46.6 Å². The van der Waals surface area contributed by atoms with Crippen LogP contribution in [0.3, 0.4) is 0 Å². The molecule has 0 spiro atoms. The van der Waals surface area contributed by atoms with E-state index in [1.165, 1.54) is 5.56 Å². The molecule has 4 aromatic rings. The zero-order valence-corrected chi connectivity index (χ0v) is 15.4. The molecule has 0 aliphatic carbocycles. The Hall–Kier alpha value is -3.06. The fourth-order valence-electron chi connectivity index (χ4n) is 2.95. The molecule has 27 heavy (non-hydrogen) atoms. The molecule has 0 atom stereocenters. The summed E-state index contributed by atoms with van der Waals surface area (Å²) in [6, 6.07) is 13.3. The number of aryl methyl sites for hydroxylation is 2. The summed E-state index contributed by atoms with van der Waals surface area (Å²) < 4.78 is 3.01. The van der Waals surface area contributed by atoms with Crippen LogP contribution in [0.15, 0.2) is 55.1 Å². The number of carboxylic acid groups (broad SMARTS) is 1. The summed E-state index contributed by atoms with van der Waals surface area (Å²) in [5, 5.41) is 14.0. The van der Waals surface area contributed by atoms with Crippen LogP contribution in [0.1, 0.15) is 28.8 Å². The molecule has 0 fully saturated rings. The van der Waals surface area contributed by atoms with Gasteiger partial charge in [0.25, 0.3) is 0 Å². The van der Waals surface area contributed by atoms with Crippen molar-refractivity contribution in [2.45, 2.75) is 25.8 Å². The maximum Gasteiger partial charge on any atom is 0.335 e. The average Bonchev–Trinajstić information content (AvgIpc) is 3.34. The molecule has 0 aliphatic heterocycles. The number of aromatic nitrogens is 4. The van der Waals surface area contributed by atoms with Crippen molar-refractivity contribution in [3.8, 4) is 10.6 Å². The second kappa shape index (κ2) is 7.67. The van der Waals surface area contributed by atoms with Gasteiger partial charge in [-0.1, -0.05) is 18.2 Å². The van der Waals surface area contributed by atoms with Crippen molar-refractivity contribution in [3.05, 3.63) is 66.2 Å². The van der Waals surface area contributed by atoms with Crippen LogP contribution in [-0.4, -0.2) is 30.8 Å². The minimum absolute atomic E-state index is 0.285. The molecule has 7 heteroatoms. The molecular weight excluding hydrogens is 360 g/mol. The van der Waals surface area contributed by atoms with Crippen LogP contribution in [0.4, 0.5) is 0 Å². The van der Waals surface area contributed by atoms with Crippen LogP contribution in [0, 0.1) is 0 Å². The summed E-state index contributed by atoms with van der Waals surface area (Å²) in [7, 11) is 0. The fourth-order valence-corrected chi connectivity index (χ4v) is 3.99. The number of aromatic carboxylic acids is 1. The third-order valence-electron chi connectivity index (χ3n) is 4.40. The Morgan fingerprint density at radius 2 is 1.96 bits per heavy atom. The Balaban J connectivity index is 1.44. The highest BCUT2D eigenvalue weighted by Gasteiger charge is 2.09. The van der Waals surface area contributed by atoms with Gasteiger partial charge in [0.1, 0.15) is 17.7 Å². The first-order valence-electron chi connectivity index (χ1n) is 8.75. The molecule has 0 aliphatic rings. The van der Waals surface area contributed by atoms with Crippen molar-refractivity contribution in [2.24, 2.45) is 0 Å². The number of unbranched alkanes of at least 4 members (excludes halogenated alkanes) is 1. The quantitative estimate of drug-likeness (QED) is 0.486. The molecule has 2 heterocycles. The normalized spacial score (nSPS) is 11.1. The number of carbonyl (C=O) groups is 1. The molecule has 0 saturated heterocycles. The van der Waals surface area contributed by atoms with Gasteiger partial charge in [-0.2, -0.15) is 5.10 Å². The summed E-state index contributed by atoms with van der Waals surface area (Å²) in [6.45, 7) is 0.888. The number of nitrogens with zero attached hydrogens (tertiary/aromatic N) is 4. The zero-order valence-electron chi connectivity index (χ0n) is 14.6. The summed E-state index contributed by atoms with van der Waals surface area (Å²) in [5.41, 5.74) is 3.50. The van der Waals surface area contributed by atoms with Gasteiger partial charge in [0, 0.05) is 12.1 Å². The van der Waals surface area contributed by atoms with Crippen molar-refractivity contribution < 1.29 is 9.90 Å². The van der Waals surface area contributed by atoms with Crippen LogP contribution in [0.2, 0.25) is 0 Å². The van der Waals surface area contributed by atoms with Gasteiger partial charge in [-0.05, 0) is 49.1 Å². The van der Waals surface area contributed by atoms with Crippen molar-refractivity contribution in [1.29, 1.82) is 0 Å². The molecule has 0 unspecified atom stereocenters. The highest BCUT2D eigenvalue weighted by molar-refractivity contribution is 7.21. The molecule has 6 nitrogen and oxygen atoms in total. The number of carboxylic acids is 1. The first kappa shape index (κ1) is 17.4. The molecule has 4 rings (SSSR count). The maximum atomic E-state index is 11.0. The minimum Gasteiger partial charge on any atom is -0.478 e. The first-order valence-corrected chi connectivity index (χ1v) is 9.56. The number of thiazole rings is 1. The van der Waals surface area contributed by atoms with Crippen LogP contribution in [0.5, 0.6) is 0 Å². The van der Waals surface area contributed by atoms with E-state index < -0.39 is 5.97 Å². The predicted molar refractivity (Wildman–Crippen MR) is 105 cm³/mol. The van der Waals surface area contributed by atoms with E-state index in [4.69, 9.17) is 5.11 Å². The number of hydrogen-bond donors (Lipinski definition) is 1. The first-order chi connectivity index (χ1) is 13.2. The lowest BCUT2D eigenvalue weighted by molar-refractivity contribution is 0.0697. The van der Waals surface area contributed by atoms with Gasteiger partial charge in [-0.3, -0.25) is 4.68 Å². The SMILES string of the molecule is O=C(O)c1ccc(-c2nc3ccc(CCCCn4cncn4)cc3s2)cc1. The lowest BCUT2D eigenvalue weighted by Crippen LogP contribution is -1.98. The van der Waals surface area contributed by atoms with E-state index in [-0.39, 0.29) is 5.56 Å². The Kier molecular flexibility index (Phi) is 4.93. The standard InChI is InChI=1S/C20H18N4O2S/c25-20(26)16-7-5-15(6-8-16)19-23-17-9-4-14(11-18(17)27-19)3-1-2-10-24-13-21-12-22-24/h4-9,11-13H,1-3,10H2,(H,25,26). The summed E-state index contributed by atoms with van der Waals surface area (Å²) >= 11 is 1.64. The Morgan fingerprint density at radius 3 is 2.70 bits per heavy atom. The smallest absolute Gasteiger partial charge is 0.335 e. The van der Waals surface area contributed by atoms with Crippen LogP contribution < -0.4 is 0 Å². The second-order valence-corrected chi connectivity index (χ2v) is 7.35. The third kappa shape index (κ3) is 4.03. The number of hydrogen-bond acceptors (Lipinski definition) is 5. The van der Waals surface area contributed by atoms with Crippen LogP contribution in [-0.2, 0) is 13.0 Å². The Bertz CT molecular complexity index is 1060. The second-order valence-electron chi connectivity index (χ2n) is 6.32. The average molecular weight is 378 g/mol. The van der Waals surface area contributed by atoms with Gasteiger partial charge in [-0.25, -0.2) is 14.8 Å². The van der Waals surface area contributed by atoms with E-state index in [0.29, 0.717) is 0 Å². The van der Waals surface area contributed by atoms with E-state index >= 15 is 0 Å². The molecule has 0 bridgehead atoms. The van der Waals surface area contributed by atoms with Gasteiger partial charge in [-0.15, -0.1) is 11.3 Å². The third-order valence-corrected chi connectivity index (χ3v) is 5.47. The number of benzene rings is 2. The maximum absolute atomic E-state index is 11.0. The highest BCUT2D eigenvalue weighted by atomic mass is 32.1. The molecule has 1 N–H and O–H groups in total. The number of rotatable bonds is 7. The van der Waals surface area contributed by atoms with Gasteiger partial charge in [0.05, 0.1) is 15.8 Å². The molecule has 0 radical (unpaired) electrons. The predicted octanol–water partition coefficient (Wildman–Crippen LogP) is 4.28. The summed E-state index contributed by atoms with van der Waals surface area (Å²) in [6.07, 6.45) is 6.47. The molecular formula is C20H18N4O2S. The summed E-state index contributed by atoms with van der Waals surface area (Å²) in [4.78, 5) is 19.6. The lowest BCUT2D eigenvalue weighted by Gasteiger charge is -2.02. The fraction of sp³-hybridized carbons (Fsp3) is 0.200. The highest BCUT2D eigenvalue weighted by Crippen LogP contribution is 2.31. The molecule has 2 aromatic heterocycles. The van der Waals surface area contributed by atoms with Crippen LogP contribution >= 0.6 is 11.3 Å². The van der Waals surface area contributed by atoms with E-state index in [1.807, 2.05) is 16.8 Å². The van der Waals surface area contributed by atoms with Crippen molar-refractivity contribution in [2.75, 3.05) is 0 Å². The van der Waals surface area contributed by atoms with E-state index in [1.54, 1.807) is 36.1 Å². The Morgan fingerprint density at radius 1 is 1.11 bits per heavy atom. The molecule has 2 aromatic carbocycles. The zero-order chi connectivity index (χ0) is 18.6. The van der Waals surface area contributed by atoms with Gasteiger partial charge < -0.3 is 5.11 Å². The largest absolute Gasteiger partial charge is 0.478 e. The Labute approximate surface area is 160 Å². The molecule has 0 saturated carbocycles. The summed E-state index contributed by atoms with van der Waals surface area (Å²) in [5.74, 6) is -0.917. The van der Waals surface area contributed by atoms with Crippen LogP contribution in [0.25, 0.3) is 20.8 Å². The van der Waals surface area contributed by atoms with Crippen molar-refractivity contribution in [1.82, 2.24) is 19.7 Å². The van der Waals surface area contributed by atoms with Gasteiger partial charge in [0.15, 0.2) is 0 Å². The van der Waals surface area contributed by atoms with E-state index in [2.05, 4.69) is 33.3 Å². The van der Waals surface area contributed by atoms with Crippen molar-refractivity contribution >= 4 is 27.5 Å². The van der Waals surface area contributed by atoms with Gasteiger partial charge in [0.2, 0.25) is 0 Å². The number of fused-ring (bicyclic) bond motifs is 1.